The molecule has 9 nitrogen and oxygen atoms in total. The largest absolute Gasteiger partial charge is 0.477 e. The fourth-order valence-corrected chi connectivity index (χ4v) is 4.43. The topological polar surface area (TPSA) is 156 Å². The van der Waals surface area contributed by atoms with Crippen molar-refractivity contribution in [3.05, 3.63) is 47.2 Å². The summed E-state index contributed by atoms with van der Waals surface area (Å²) in [6.45, 7) is 0. The van der Waals surface area contributed by atoms with Crippen LogP contribution in [-0.4, -0.2) is 50.9 Å². The van der Waals surface area contributed by atoms with Gasteiger partial charge in [-0.15, -0.1) is 11.8 Å². The number of carbonyl (C=O) groups excluding carboxylic acids is 3. The van der Waals surface area contributed by atoms with Gasteiger partial charge in [0.1, 0.15) is 23.2 Å². The Morgan fingerprint density at radius 2 is 1.96 bits per heavy atom. The molecule has 3 atom stereocenters. The van der Waals surface area contributed by atoms with E-state index in [2.05, 4.69) is 5.32 Å². The van der Waals surface area contributed by atoms with E-state index in [-0.39, 0.29) is 23.4 Å². The highest BCUT2D eigenvalue weighted by molar-refractivity contribution is 8.00. The number of amides is 3. The van der Waals surface area contributed by atoms with Crippen molar-refractivity contribution in [3.63, 3.8) is 0 Å². The zero-order chi connectivity index (χ0) is 19.7. The third kappa shape index (κ3) is 3.53. The number of carboxylic acids is 1. The van der Waals surface area contributed by atoms with Gasteiger partial charge in [-0.3, -0.25) is 19.3 Å². The SMILES string of the molecule is NC(=O)CC1=C(C(=O)O)N2C(=O)[C@@H](NC(=O)[C@H](N)c3ccccc3)[C@H]2SC1. The Hall–Kier alpha value is -2.85. The molecule has 3 rings (SSSR count). The predicted molar refractivity (Wildman–Crippen MR) is 96.9 cm³/mol. The van der Waals surface area contributed by atoms with Crippen molar-refractivity contribution in [1.29, 1.82) is 0 Å². The van der Waals surface area contributed by atoms with Crippen molar-refractivity contribution in [2.75, 3.05) is 5.75 Å². The second kappa shape index (κ2) is 7.41. The highest BCUT2D eigenvalue weighted by Gasteiger charge is 2.54. The maximum absolute atomic E-state index is 12.5. The molecule has 0 bridgehead atoms. The van der Waals surface area contributed by atoms with Crippen LogP contribution in [0.5, 0.6) is 0 Å². The molecule has 0 saturated carbocycles. The number of hydrogen-bond donors (Lipinski definition) is 4. The average Bonchev–Trinajstić information content (AvgIpc) is 2.64. The van der Waals surface area contributed by atoms with Crippen LogP contribution in [0, 0.1) is 0 Å². The van der Waals surface area contributed by atoms with Crippen LogP contribution >= 0.6 is 11.8 Å². The number of aliphatic carboxylic acids is 1. The zero-order valence-corrected chi connectivity index (χ0v) is 14.9. The lowest BCUT2D eigenvalue weighted by Gasteiger charge is -2.49. The van der Waals surface area contributed by atoms with E-state index in [1.165, 1.54) is 11.8 Å². The molecule has 0 unspecified atom stereocenters. The molecule has 0 radical (unpaired) electrons. The molecule has 1 aromatic carbocycles. The van der Waals surface area contributed by atoms with Gasteiger partial charge in [-0.05, 0) is 11.1 Å². The number of hydrogen-bond acceptors (Lipinski definition) is 6. The molecule has 3 amide bonds. The van der Waals surface area contributed by atoms with Gasteiger partial charge in [-0.2, -0.15) is 0 Å². The second-order valence-corrected chi connectivity index (χ2v) is 7.29. The number of carboxylic acid groups (broad SMARTS) is 1. The summed E-state index contributed by atoms with van der Waals surface area (Å²) in [6, 6.07) is 6.89. The summed E-state index contributed by atoms with van der Waals surface area (Å²) < 4.78 is 0. The molecule has 0 spiro atoms. The molecule has 0 aromatic heterocycles. The highest BCUT2D eigenvalue weighted by atomic mass is 32.2. The Labute approximate surface area is 158 Å². The van der Waals surface area contributed by atoms with Crippen LogP contribution < -0.4 is 16.8 Å². The lowest BCUT2D eigenvalue weighted by Crippen LogP contribution is -2.71. The summed E-state index contributed by atoms with van der Waals surface area (Å²) in [5.41, 5.74) is 11.7. The smallest absolute Gasteiger partial charge is 0.352 e. The molecular formula is C17H18N4O5S. The lowest BCUT2D eigenvalue weighted by molar-refractivity contribution is -0.151. The van der Waals surface area contributed by atoms with Crippen LogP contribution in [-0.2, 0) is 19.2 Å². The first-order valence-electron chi connectivity index (χ1n) is 8.10. The molecule has 0 aliphatic carbocycles. The van der Waals surface area contributed by atoms with Crippen LogP contribution in [0.25, 0.3) is 0 Å². The van der Waals surface area contributed by atoms with Gasteiger partial charge in [-0.25, -0.2) is 4.79 Å². The minimum atomic E-state index is -1.31. The number of fused-ring (bicyclic) bond motifs is 1. The van der Waals surface area contributed by atoms with Gasteiger partial charge in [0, 0.05) is 5.75 Å². The summed E-state index contributed by atoms with van der Waals surface area (Å²) in [5.74, 6) is -2.83. The van der Waals surface area contributed by atoms with Crippen LogP contribution in [0.2, 0.25) is 0 Å². The maximum atomic E-state index is 12.5. The average molecular weight is 390 g/mol. The Balaban J connectivity index is 1.74. The molecule has 10 heteroatoms. The molecule has 142 valence electrons. The summed E-state index contributed by atoms with van der Waals surface area (Å²) in [4.78, 5) is 48.7. The minimum absolute atomic E-state index is 0.232. The molecule has 2 heterocycles. The number of nitrogens with two attached hydrogens (primary N) is 2. The fourth-order valence-electron chi connectivity index (χ4n) is 3.08. The van der Waals surface area contributed by atoms with Gasteiger partial charge >= 0.3 is 5.97 Å². The highest BCUT2D eigenvalue weighted by Crippen LogP contribution is 2.41. The van der Waals surface area contributed by atoms with Crippen molar-refractivity contribution in [1.82, 2.24) is 10.2 Å². The van der Waals surface area contributed by atoms with Crippen LogP contribution in [0.1, 0.15) is 18.0 Å². The summed E-state index contributed by atoms with van der Waals surface area (Å²) in [5, 5.41) is 11.5. The number of nitrogens with zero attached hydrogens (tertiary/aromatic N) is 1. The number of thioether (sulfide) groups is 1. The van der Waals surface area contributed by atoms with Crippen molar-refractivity contribution in [3.8, 4) is 0 Å². The van der Waals surface area contributed by atoms with Gasteiger partial charge in [0.05, 0.1) is 6.42 Å². The van der Waals surface area contributed by atoms with Crippen molar-refractivity contribution < 1.29 is 24.3 Å². The van der Waals surface area contributed by atoms with Gasteiger partial charge in [0.2, 0.25) is 11.8 Å². The van der Waals surface area contributed by atoms with Gasteiger partial charge in [0.15, 0.2) is 0 Å². The molecule has 1 fully saturated rings. The molecule has 2 aliphatic heterocycles. The normalized spacial score (nSPS) is 22.6. The second-order valence-electron chi connectivity index (χ2n) is 6.18. The fraction of sp³-hybridized carbons (Fsp3) is 0.294. The Morgan fingerprint density at radius 3 is 2.56 bits per heavy atom. The molecule has 27 heavy (non-hydrogen) atoms. The molecule has 2 aliphatic rings. The maximum Gasteiger partial charge on any atom is 0.352 e. The van der Waals surface area contributed by atoms with Crippen LogP contribution in [0.3, 0.4) is 0 Å². The Morgan fingerprint density at radius 1 is 1.30 bits per heavy atom. The predicted octanol–water partition coefficient (Wildman–Crippen LogP) is -0.700. The number of nitrogens with one attached hydrogen (secondary N) is 1. The van der Waals surface area contributed by atoms with E-state index in [9.17, 15) is 24.3 Å². The van der Waals surface area contributed by atoms with Crippen molar-refractivity contribution >= 4 is 35.5 Å². The van der Waals surface area contributed by atoms with E-state index in [1.807, 2.05) is 0 Å². The first kappa shape index (κ1) is 18.9. The molecule has 1 saturated heterocycles. The van der Waals surface area contributed by atoms with E-state index in [1.54, 1.807) is 30.3 Å². The van der Waals surface area contributed by atoms with E-state index in [0.29, 0.717) is 5.56 Å². The summed E-state index contributed by atoms with van der Waals surface area (Å²) in [7, 11) is 0. The Kier molecular flexibility index (Phi) is 5.19. The molecule has 6 N–H and O–H groups in total. The van der Waals surface area contributed by atoms with E-state index in [0.717, 1.165) is 4.90 Å². The van der Waals surface area contributed by atoms with Gasteiger partial charge in [0.25, 0.3) is 5.91 Å². The molecule has 1 aromatic rings. The minimum Gasteiger partial charge on any atom is -0.477 e. The first-order valence-corrected chi connectivity index (χ1v) is 9.15. The number of carbonyl (C=O) groups is 4. The zero-order valence-electron chi connectivity index (χ0n) is 14.1. The first-order chi connectivity index (χ1) is 12.8. The van der Waals surface area contributed by atoms with Crippen molar-refractivity contribution in [2.24, 2.45) is 11.5 Å². The van der Waals surface area contributed by atoms with E-state index < -0.39 is 41.1 Å². The number of primary amides is 1. The Bertz CT molecular complexity index is 841. The van der Waals surface area contributed by atoms with Crippen LogP contribution in [0.15, 0.2) is 41.6 Å². The third-order valence-corrected chi connectivity index (χ3v) is 5.72. The van der Waals surface area contributed by atoms with Crippen LogP contribution in [0.4, 0.5) is 0 Å². The summed E-state index contributed by atoms with van der Waals surface area (Å²) >= 11 is 1.27. The lowest BCUT2D eigenvalue weighted by atomic mass is 10.00. The molecular weight excluding hydrogens is 372 g/mol. The van der Waals surface area contributed by atoms with E-state index >= 15 is 0 Å². The monoisotopic (exact) mass is 390 g/mol. The van der Waals surface area contributed by atoms with Gasteiger partial charge in [-0.1, -0.05) is 30.3 Å². The van der Waals surface area contributed by atoms with Crippen molar-refractivity contribution in [2.45, 2.75) is 23.9 Å². The standard InChI is InChI=1S/C17H18N4O5S/c18-10(22)6-9-7-27-16-12(15(24)21(16)13(9)17(25)26)20-14(23)11(19)8-4-2-1-3-5-8/h1-5,11-12,16H,6-7,19H2,(H2,18,22)(H,20,23)(H,25,26)/t11-,12-,16-/m1/s1. The van der Waals surface area contributed by atoms with E-state index in [4.69, 9.17) is 11.5 Å². The number of rotatable bonds is 6. The quantitative estimate of drug-likeness (QED) is 0.468. The third-order valence-electron chi connectivity index (χ3n) is 4.38. The summed E-state index contributed by atoms with van der Waals surface area (Å²) in [6.07, 6.45) is -0.235. The number of β-lactam (4-membered cyclic amide) rings is 1. The number of benzene rings is 1. The van der Waals surface area contributed by atoms with Gasteiger partial charge < -0.3 is 21.9 Å².